The van der Waals surface area contributed by atoms with Gasteiger partial charge in [0.1, 0.15) is 0 Å². The number of aromatic nitrogens is 2. The molecule has 3 rings (SSSR count). The maximum absolute atomic E-state index is 4.85. The molecule has 1 saturated heterocycles. The van der Waals surface area contributed by atoms with Crippen LogP contribution in [0.2, 0.25) is 0 Å². The van der Waals surface area contributed by atoms with Crippen molar-refractivity contribution in [1.82, 2.24) is 20.0 Å². The molecule has 1 unspecified atom stereocenters. The van der Waals surface area contributed by atoms with Gasteiger partial charge in [-0.3, -0.25) is 9.58 Å². The summed E-state index contributed by atoms with van der Waals surface area (Å²) >= 11 is 0. The molecule has 21 heavy (non-hydrogen) atoms. The van der Waals surface area contributed by atoms with E-state index < -0.39 is 0 Å². The van der Waals surface area contributed by atoms with Crippen molar-refractivity contribution in [1.29, 1.82) is 0 Å². The fourth-order valence-electron chi connectivity index (χ4n) is 3.76. The monoisotopic (exact) mass is 290 g/mol. The van der Waals surface area contributed by atoms with Gasteiger partial charge in [-0.15, -0.1) is 0 Å². The third kappa shape index (κ3) is 3.67. The lowest BCUT2D eigenvalue weighted by Crippen LogP contribution is -2.48. The van der Waals surface area contributed by atoms with Crippen LogP contribution in [0.3, 0.4) is 0 Å². The normalized spacial score (nSPS) is 28.9. The van der Waals surface area contributed by atoms with Crippen LogP contribution in [0.15, 0.2) is 12.3 Å². The van der Waals surface area contributed by atoms with Crippen LogP contribution in [0, 0.1) is 0 Å². The van der Waals surface area contributed by atoms with E-state index in [0.717, 1.165) is 19.6 Å². The summed E-state index contributed by atoms with van der Waals surface area (Å²) in [7, 11) is 0. The van der Waals surface area contributed by atoms with Crippen LogP contribution in [-0.4, -0.2) is 39.9 Å². The van der Waals surface area contributed by atoms with Crippen LogP contribution in [0.4, 0.5) is 0 Å². The summed E-state index contributed by atoms with van der Waals surface area (Å²) in [5, 5.41) is 8.55. The number of nitrogens with one attached hydrogen (secondary N) is 1. The summed E-state index contributed by atoms with van der Waals surface area (Å²) < 4.78 is 2.22. The molecule has 2 aliphatic rings. The Kier molecular flexibility index (Phi) is 4.65. The second-order valence-corrected chi connectivity index (χ2v) is 7.13. The highest BCUT2D eigenvalue weighted by Crippen LogP contribution is 2.28. The Morgan fingerprint density at radius 2 is 2.14 bits per heavy atom. The van der Waals surface area contributed by atoms with Crippen molar-refractivity contribution >= 4 is 0 Å². The fourth-order valence-corrected chi connectivity index (χ4v) is 3.76. The minimum absolute atomic E-state index is 0.254. The molecule has 1 N–H and O–H groups in total. The van der Waals surface area contributed by atoms with E-state index in [1.807, 2.05) is 0 Å². The minimum Gasteiger partial charge on any atom is -0.310 e. The van der Waals surface area contributed by atoms with E-state index in [1.54, 1.807) is 0 Å². The molecule has 0 aromatic carbocycles. The van der Waals surface area contributed by atoms with Crippen molar-refractivity contribution in [3.63, 3.8) is 0 Å². The molecule has 2 heterocycles. The standard InChI is InChI=1S/C17H30N4/c1-3-17(2)14-20(11-6-10-18-17)13-15-9-12-21(19-15)16-7-4-5-8-16/h9,12,16,18H,3-8,10-11,13-14H2,1-2H3. The van der Waals surface area contributed by atoms with Crippen molar-refractivity contribution in [2.45, 2.75) is 70.5 Å². The summed E-state index contributed by atoms with van der Waals surface area (Å²) in [4.78, 5) is 2.57. The molecular formula is C17H30N4. The lowest BCUT2D eigenvalue weighted by molar-refractivity contribution is 0.206. The number of nitrogens with zero attached hydrogens (tertiary/aromatic N) is 3. The highest BCUT2D eigenvalue weighted by atomic mass is 15.3. The summed E-state index contributed by atoms with van der Waals surface area (Å²) in [6.45, 7) is 9.07. The third-order valence-electron chi connectivity index (χ3n) is 5.30. The van der Waals surface area contributed by atoms with Gasteiger partial charge in [0.05, 0.1) is 11.7 Å². The SMILES string of the molecule is CCC1(C)CN(Cc2ccn(C3CCCC3)n2)CCCN1. The van der Waals surface area contributed by atoms with Crippen LogP contribution in [0.1, 0.15) is 64.1 Å². The van der Waals surface area contributed by atoms with E-state index in [1.165, 1.54) is 50.8 Å². The summed E-state index contributed by atoms with van der Waals surface area (Å²) in [5.41, 5.74) is 1.49. The molecule has 0 spiro atoms. The number of rotatable bonds is 4. The first kappa shape index (κ1) is 15.0. The van der Waals surface area contributed by atoms with Crippen LogP contribution in [0.5, 0.6) is 0 Å². The molecule has 1 atom stereocenters. The van der Waals surface area contributed by atoms with Crippen molar-refractivity contribution in [2.24, 2.45) is 0 Å². The Morgan fingerprint density at radius 1 is 1.33 bits per heavy atom. The molecule has 1 aliphatic heterocycles. The van der Waals surface area contributed by atoms with Gasteiger partial charge >= 0.3 is 0 Å². The second kappa shape index (κ2) is 6.49. The average Bonchev–Trinajstić information content (AvgIpc) is 3.11. The predicted octanol–water partition coefficient (Wildman–Crippen LogP) is 2.96. The summed E-state index contributed by atoms with van der Waals surface area (Å²) in [6, 6.07) is 2.88. The van der Waals surface area contributed by atoms with Gasteiger partial charge in [0, 0.05) is 24.8 Å². The van der Waals surface area contributed by atoms with E-state index >= 15 is 0 Å². The second-order valence-electron chi connectivity index (χ2n) is 7.13. The van der Waals surface area contributed by atoms with Gasteiger partial charge in [0.15, 0.2) is 0 Å². The molecule has 0 amide bonds. The molecule has 4 heteroatoms. The van der Waals surface area contributed by atoms with E-state index in [0.29, 0.717) is 6.04 Å². The van der Waals surface area contributed by atoms with Crippen molar-refractivity contribution < 1.29 is 0 Å². The Balaban J connectivity index is 1.62. The minimum atomic E-state index is 0.254. The maximum atomic E-state index is 4.85. The Labute approximate surface area is 128 Å². The molecule has 4 nitrogen and oxygen atoms in total. The van der Waals surface area contributed by atoms with Crippen molar-refractivity contribution in [2.75, 3.05) is 19.6 Å². The van der Waals surface area contributed by atoms with Crippen LogP contribution in [0.25, 0.3) is 0 Å². The van der Waals surface area contributed by atoms with E-state index in [2.05, 4.69) is 41.0 Å². The molecule has 0 bridgehead atoms. The first-order valence-electron chi connectivity index (χ1n) is 8.70. The molecule has 0 radical (unpaired) electrons. The zero-order valence-corrected chi connectivity index (χ0v) is 13.6. The fraction of sp³-hybridized carbons (Fsp3) is 0.824. The highest BCUT2D eigenvalue weighted by molar-refractivity contribution is 5.01. The molecular weight excluding hydrogens is 260 g/mol. The average molecular weight is 290 g/mol. The van der Waals surface area contributed by atoms with Gasteiger partial charge in [-0.1, -0.05) is 19.8 Å². The first-order valence-corrected chi connectivity index (χ1v) is 8.70. The molecule has 1 aliphatic carbocycles. The molecule has 1 aromatic heterocycles. The topological polar surface area (TPSA) is 33.1 Å². The van der Waals surface area contributed by atoms with Crippen LogP contribution in [-0.2, 0) is 6.54 Å². The highest BCUT2D eigenvalue weighted by Gasteiger charge is 2.27. The Morgan fingerprint density at radius 3 is 2.90 bits per heavy atom. The van der Waals surface area contributed by atoms with Crippen molar-refractivity contribution in [3.05, 3.63) is 18.0 Å². The van der Waals surface area contributed by atoms with Crippen molar-refractivity contribution in [3.8, 4) is 0 Å². The van der Waals surface area contributed by atoms with Gasteiger partial charge in [0.2, 0.25) is 0 Å². The Bertz CT molecular complexity index is 449. The lowest BCUT2D eigenvalue weighted by atomic mass is 9.98. The number of hydrogen-bond donors (Lipinski definition) is 1. The lowest BCUT2D eigenvalue weighted by Gasteiger charge is -2.32. The maximum Gasteiger partial charge on any atom is 0.0764 e. The predicted molar refractivity (Wildman–Crippen MR) is 86.3 cm³/mol. The molecule has 118 valence electrons. The van der Waals surface area contributed by atoms with Gasteiger partial charge in [-0.25, -0.2) is 0 Å². The zero-order valence-electron chi connectivity index (χ0n) is 13.6. The smallest absolute Gasteiger partial charge is 0.0764 e. The van der Waals surface area contributed by atoms with Gasteiger partial charge in [-0.05, 0) is 51.8 Å². The third-order valence-corrected chi connectivity index (χ3v) is 5.30. The van der Waals surface area contributed by atoms with E-state index in [9.17, 15) is 0 Å². The largest absolute Gasteiger partial charge is 0.310 e. The molecule has 2 fully saturated rings. The van der Waals surface area contributed by atoms with Gasteiger partial charge in [0.25, 0.3) is 0 Å². The van der Waals surface area contributed by atoms with E-state index in [4.69, 9.17) is 5.10 Å². The van der Waals surface area contributed by atoms with Crippen LogP contribution >= 0.6 is 0 Å². The zero-order chi connectivity index (χ0) is 14.7. The molecule has 1 saturated carbocycles. The van der Waals surface area contributed by atoms with Gasteiger partial charge < -0.3 is 5.32 Å². The van der Waals surface area contributed by atoms with Gasteiger partial charge in [-0.2, -0.15) is 5.10 Å². The molecule has 1 aromatic rings. The quantitative estimate of drug-likeness (QED) is 0.925. The van der Waals surface area contributed by atoms with Crippen LogP contribution < -0.4 is 5.32 Å². The summed E-state index contributed by atoms with van der Waals surface area (Å²) in [5.74, 6) is 0. The number of hydrogen-bond acceptors (Lipinski definition) is 3. The summed E-state index contributed by atoms with van der Waals surface area (Å²) in [6.07, 6.45) is 9.96. The first-order chi connectivity index (χ1) is 10.2. The Hall–Kier alpha value is -0.870. The van der Waals surface area contributed by atoms with E-state index in [-0.39, 0.29) is 5.54 Å².